The molecule has 4 aromatic rings. The first-order valence-electron chi connectivity index (χ1n) is 9.59. The number of rotatable bonds is 6. The minimum Gasteiger partial charge on any atom is -0.347 e. The quantitative estimate of drug-likeness (QED) is 0.390. The molecule has 0 atom stereocenters. The number of carbonyl (C=O) groups is 1. The maximum absolute atomic E-state index is 12.6. The number of nitriles is 1. The van der Waals surface area contributed by atoms with Crippen LogP contribution >= 0.6 is 0 Å². The highest BCUT2D eigenvalue weighted by Crippen LogP contribution is 2.25. The van der Waals surface area contributed by atoms with Crippen LogP contribution in [-0.2, 0) is 11.3 Å². The summed E-state index contributed by atoms with van der Waals surface area (Å²) in [6.45, 7) is 0.284. The first kappa shape index (κ1) is 19.7. The summed E-state index contributed by atoms with van der Waals surface area (Å²) in [4.78, 5) is 20.7. The molecule has 0 aliphatic heterocycles. The molecule has 0 saturated heterocycles. The predicted molar refractivity (Wildman–Crippen MR) is 116 cm³/mol. The van der Waals surface area contributed by atoms with Gasteiger partial charge in [0, 0.05) is 48.7 Å². The van der Waals surface area contributed by atoms with Gasteiger partial charge in [0.25, 0.3) is 5.91 Å². The highest BCUT2D eigenvalue weighted by Gasteiger charge is 2.15. The Hall–Kier alpha value is -4.57. The summed E-state index contributed by atoms with van der Waals surface area (Å²) in [6.07, 6.45) is 10.0. The van der Waals surface area contributed by atoms with Crippen LogP contribution in [0.25, 0.3) is 23.0 Å². The lowest BCUT2D eigenvalue weighted by Crippen LogP contribution is -2.24. The van der Waals surface area contributed by atoms with E-state index in [-0.39, 0.29) is 12.1 Å². The van der Waals surface area contributed by atoms with Crippen molar-refractivity contribution < 1.29 is 4.79 Å². The molecule has 7 heteroatoms. The maximum Gasteiger partial charge on any atom is 0.262 e. The molecule has 1 aromatic carbocycles. The van der Waals surface area contributed by atoms with E-state index in [0.717, 1.165) is 16.8 Å². The largest absolute Gasteiger partial charge is 0.347 e. The molecule has 0 bridgehead atoms. The molecule has 0 radical (unpaired) electrons. The van der Waals surface area contributed by atoms with Crippen LogP contribution in [0.4, 0.5) is 0 Å². The molecule has 31 heavy (non-hydrogen) atoms. The van der Waals surface area contributed by atoms with Gasteiger partial charge >= 0.3 is 0 Å². The fourth-order valence-electron chi connectivity index (χ4n) is 3.02. The van der Waals surface area contributed by atoms with E-state index in [4.69, 9.17) is 0 Å². The summed E-state index contributed by atoms with van der Waals surface area (Å²) < 4.78 is 1.73. The van der Waals surface area contributed by atoms with Crippen molar-refractivity contribution in [1.29, 1.82) is 5.26 Å². The van der Waals surface area contributed by atoms with Crippen LogP contribution in [0.2, 0.25) is 0 Å². The Morgan fingerprint density at radius 1 is 1.03 bits per heavy atom. The van der Waals surface area contributed by atoms with Gasteiger partial charge in [0.15, 0.2) is 0 Å². The van der Waals surface area contributed by atoms with Crippen LogP contribution in [-0.4, -0.2) is 25.7 Å². The molecular weight excluding hydrogens is 388 g/mol. The van der Waals surface area contributed by atoms with E-state index >= 15 is 0 Å². The Labute approximate surface area is 179 Å². The summed E-state index contributed by atoms with van der Waals surface area (Å²) in [5.41, 5.74) is 3.86. The average molecular weight is 406 g/mol. The molecule has 150 valence electrons. The van der Waals surface area contributed by atoms with Crippen molar-refractivity contribution in [3.63, 3.8) is 0 Å². The van der Waals surface area contributed by atoms with E-state index in [1.54, 1.807) is 47.8 Å². The standard InChI is InChI=1S/C24H18N6O/c25-14-20(24(31)28-16-18-5-4-10-27-15-18)13-21-17-30(22-6-2-1-3-7-22)29-23(21)19-8-11-26-12-9-19/h1-13,15,17H,16H2,(H,28,31)/b20-13-. The number of carbonyl (C=O) groups excluding carboxylic acids is 1. The Balaban J connectivity index is 1.67. The van der Waals surface area contributed by atoms with Crippen LogP contribution in [0.15, 0.2) is 91.2 Å². The van der Waals surface area contributed by atoms with Crippen molar-refractivity contribution in [3.8, 4) is 23.0 Å². The summed E-state index contributed by atoms with van der Waals surface area (Å²) in [5.74, 6) is -0.459. The monoisotopic (exact) mass is 406 g/mol. The van der Waals surface area contributed by atoms with E-state index in [9.17, 15) is 10.1 Å². The second-order valence-electron chi connectivity index (χ2n) is 6.66. The van der Waals surface area contributed by atoms with E-state index < -0.39 is 5.91 Å². The average Bonchev–Trinajstić information content (AvgIpc) is 3.27. The van der Waals surface area contributed by atoms with E-state index in [1.807, 2.05) is 54.6 Å². The van der Waals surface area contributed by atoms with E-state index in [0.29, 0.717) is 11.3 Å². The summed E-state index contributed by atoms with van der Waals surface area (Å²) in [5, 5.41) is 17.1. The minimum atomic E-state index is -0.459. The number of amides is 1. The zero-order valence-electron chi connectivity index (χ0n) is 16.5. The molecule has 1 N–H and O–H groups in total. The molecule has 0 saturated carbocycles. The number of nitrogens with one attached hydrogen (secondary N) is 1. The summed E-state index contributed by atoms with van der Waals surface area (Å²) >= 11 is 0. The highest BCUT2D eigenvalue weighted by molar-refractivity contribution is 6.02. The number of nitrogens with zero attached hydrogens (tertiary/aromatic N) is 5. The molecule has 0 aliphatic carbocycles. The predicted octanol–water partition coefficient (Wildman–Crippen LogP) is 3.55. The van der Waals surface area contributed by atoms with Crippen LogP contribution in [0.3, 0.4) is 0 Å². The number of benzene rings is 1. The van der Waals surface area contributed by atoms with Gasteiger partial charge in [-0.1, -0.05) is 24.3 Å². The first-order chi connectivity index (χ1) is 15.2. The fourth-order valence-corrected chi connectivity index (χ4v) is 3.02. The van der Waals surface area contributed by atoms with E-state index in [2.05, 4.69) is 20.4 Å². The molecule has 3 aromatic heterocycles. The Morgan fingerprint density at radius 3 is 2.55 bits per heavy atom. The molecule has 3 heterocycles. The smallest absolute Gasteiger partial charge is 0.262 e. The maximum atomic E-state index is 12.6. The van der Waals surface area contributed by atoms with E-state index in [1.165, 1.54) is 0 Å². The van der Waals surface area contributed by atoms with Crippen LogP contribution in [0.1, 0.15) is 11.1 Å². The van der Waals surface area contributed by atoms with Gasteiger partial charge in [-0.05, 0) is 42.0 Å². The van der Waals surface area contributed by atoms with Crippen LogP contribution in [0.5, 0.6) is 0 Å². The third kappa shape index (κ3) is 4.71. The van der Waals surface area contributed by atoms with Crippen LogP contribution in [0, 0.1) is 11.3 Å². The number of pyridine rings is 2. The normalized spacial score (nSPS) is 11.0. The zero-order chi connectivity index (χ0) is 21.5. The van der Waals surface area contributed by atoms with Gasteiger partial charge in [-0.25, -0.2) is 4.68 Å². The third-order valence-corrected chi connectivity index (χ3v) is 4.56. The molecule has 0 aliphatic rings. The molecular formula is C24H18N6O. The van der Waals surface area contributed by atoms with Gasteiger partial charge in [0.2, 0.25) is 0 Å². The summed E-state index contributed by atoms with van der Waals surface area (Å²) in [6, 6.07) is 19.0. The second kappa shape index (κ2) is 9.29. The topological polar surface area (TPSA) is 96.5 Å². The van der Waals surface area contributed by atoms with Gasteiger partial charge in [-0.2, -0.15) is 10.4 Å². The molecule has 0 fully saturated rings. The van der Waals surface area contributed by atoms with Gasteiger partial charge in [-0.3, -0.25) is 14.8 Å². The molecule has 1 amide bonds. The van der Waals surface area contributed by atoms with Crippen molar-refractivity contribution in [2.75, 3.05) is 0 Å². The minimum absolute atomic E-state index is 0.00759. The van der Waals surface area contributed by atoms with Gasteiger partial charge in [0.1, 0.15) is 17.3 Å². The fraction of sp³-hybridized carbons (Fsp3) is 0.0417. The zero-order valence-corrected chi connectivity index (χ0v) is 16.5. The SMILES string of the molecule is N#C/C(=C/c1cn(-c2ccccc2)nc1-c1ccncc1)C(=O)NCc1cccnc1. The lowest BCUT2D eigenvalue weighted by Gasteiger charge is -2.04. The lowest BCUT2D eigenvalue weighted by atomic mass is 10.1. The number of hydrogen-bond acceptors (Lipinski definition) is 5. The van der Waals surface area contributed by atoms with Crippen molar-refractivity contribution in [1.82, 2.24) is 25.1 Å². The number of aromatic nitrogens is 4. The van der Waals surface area contributed by atoms with Crippen molar-refractivity contribution in [2.45, 2.75) is 6.54 Å². The van der Waals surface area contributed by atoms with Crippen molar-refractivity contribution >= 4 is 12.0 Å². The lowest BCUT2D eigenvalue weighted by molar-refractivity contribution is -0.117. The molecule has 0 spiro atoms. The van der Waals surface area contributed by atoms with Crippen molar-refractivity contribution in [2.24, 2.45) is 0 Å². The first-order valence-corrected chi connectivity index (χ1v) is 9.59. The molecule has 4 rings (SSSR count). The highest BCUT2D eigenvalue weighted by atomic mass is 16.1. The second-order valence-corrected chi connectivity index (χ2v) is 6.66. The van der Waals surface area contributed by atoms with Gasteiger partial charge < -0.3 is 5.32 Å². The van der Waals surface area contributed by atoms with Gasteiger partial charge in [0.05, 0.1) is 5.69 Å². The summed E-state index contributed by atoms with van der Waals surface area (Å²) in [7, 11) is 0. The third-order valence-electron chi connectivity index (χ3n) is 4.56. The number of para-hydroxylation sites is 1. The van der Waals surface area contributed by atoms with Gasteiger partial charge in [-0.15, -0.1) is 0 Å². The van der Waals surface area contributed by atoms with Crippen molar-refractivity contribution in [3.05, 3.63) is 102 Å². The Kier molecular flexibility index (Phi) is 5.91. The number of hydrogen-bond donors (Lipinski definition) is 1. The molecule has 0 unspecified atom stereocenters. The molecule has 7 nitrogen and oxygen atoms in total. The van der Waals surface area contributed by atoms with Crippen LogP contribution < -0.4 is 5.32 Å². The Bertz CT molecular complexity index is 1240. The Morgan fingerprint density at radius 2 is 1.84 bits per heavy atom.